The fraction of sp³-hybridized carbons (Fsp3) is 0.357. The van der Waals surface area contributed by atoms with Crippen molar-refractivity contribution in [1.82, 2.24) is 20.1 Å². The zero-order valence-corrected chi connectivity index (χ0v) is 13.4. The number of nitrogens with zero attached hydrogens (tertiary/aromatic N) is 3. The number of carbonyl (C=O) groups excluding carboxylic acids is 1. The van der Waals surface area contributed by atoms with Crippen molar-refractivity contribution in [3.8, 4) is 5.69 Å². The smallest absolute Gasteiger partial charge is 0.319 e. The van der Waals surface area contributed by atoms with E-state index in [4.69, 9.17) is 0 Å². The summed E-state index contributed by atoms with van der Waals surface area (Å²) in [6.07, 6.45) is 3.40. The Morgan fingerprint density at radius 1 is 1.39 bits per heavy atom. The number of sulfone groups is 1. The molecule has 2 heterocycles. The van der Waals surface area contributed by atoms with Crippen molar-refractivity contribution < 1.29 is 13.2 Å². The Morgan fingerprint density at radius 2 is 2.22 bits per heavy atom. The summed E-state index contributed by atoms with van der Waals surface area (Å²) in [5.74, 6) is 0.0674. The van der Waals surface area contributed by atoms with E-state index in [2.05, 4.69) is 20.7 Å². The van der Waals surface area contributed by atoms with Crippen molar-refractivity contribution in [2.75, 3.05) is 16.8 Å². The van der Waals surface area contributed by atoms with Crippen molar-refractivity contribution >= 4 is 21.6 Å². The van der Waals surface area contributed by atoms with Crippen LogP contribution in [0.25, 0.3) is 5.69 Å². The van der Waals surface area contributed by atoms with Crippen molar-refractivity contribution in [1.29, 1.82) is 0 Å². The van der Waals surface area contributed by atoms with Crippen LogP contribution in [-0.2, 0) is 9.84 Å². The van der Waals surface area contributed by atoms with E-state index in [-0.39, 0.29) is 11.5 Å². The molecule has 9 heteroatoms. The van der Waals surface area contributed by atoms with E-state index in [0.29, 0.717) is 12.1 Å². The highest BCUT2D eigenvalue weighted by molar-refractivity contribution is 7.91. The number of benzene rings is 1. The normalized spacial score (nSPS) is 22.7. The lowest BCUT2D eigenvalue weighted by molar-refractivity contribution is 0.242. The molecule has 1 saturated heterocycles. The lowest BCUT2D eigenvalue weighted by atomic mass is 10.0. The Labute approximate surface area is 133 Å². The van der Waals surface area contributed by atoms with E-state index in [9.17, 15) is 13.2 Å². The average Bonchev–Trinajstić information content (AvgIpc) is 3.07. The minimum atomic E-state index is -3.07. The van der Waals surface area contributed by atoms with Crippen molar-refractivity contribution in [3.05, 3.63) is 36.9 Å². The topological polar surface area (TPSA) is 106 Å². The van der Waals surface area contributed by atoms with Gasteiger partial charge in [0.05, 0.1) is 22.7 Å². The van der Waals surface area contributed by atoms with Gasteiger partial charge in [-0.25, -0.2) is 22.9 Å². The number of carbonyl (C=O) groups is 1. The molecule has 3 rings (SSSR count). The summed E-state index contributed by atoms with van der Waals surface area (Å²) in [4.78, 5) is 16.0. The van der Waals surface area contributed by atoms with Crippen LogP contribution in [-0.4, -0.2) is 46.3 Å². The van der Waals surface area contributed by atoms with Crippen LogP contribution in [0.1, 0.15) is 13.3 Å². The number of amides is 2. The van der Waals surface area contributed by atoms with Gasteiger partial charge in [0.2, 0.25) is 0 Å². The first kappa shape index (κ1) is 15.5. The molecule has 1 aromatic heterocycles. The molecule has 1 aliphatic heterocycles. The number of rotatable bonds is 3. The van der Waals surface area contributed by atoms with E-state index in [1.807, 2.05) is 6.07 Å². The molecule has 0 radical (unpaired) electrons. The molecule has 23 heavy (non-hydrogen) atoms. The van der Waals surface area contributed by atoms with Gasteiger partial charge in [0.15, 0.2) is 9.84 Å². The average molecular weight is 335 g/mol. The van der Waals surface area contributed by atoms with E-state index in [1.54, 1.807) is 36.1 Å². The minimum Gasteiger partial charge on any atom is -0.332 e. The third kappa shape index (κ3) is 3.67. The standard InChI is InChI=1S/C14H17N5O3S/c1-14(5-6-23(21,22)8-14)18-13(20)17-11-3-2-4-12(7-11)19-10-15-9-16-19/h2-4,7,9-10H,5-6,8H2,1H3,(H2,17,18,20)/t14-/m0/s1. The van der Waals surface area contributed by atoms with Gasteiger partial charge in [-0.3, -0.25) is 0 Å². The number of hydrogen-bond acceptors (Lipinski definition) is 5. The number of hydrogen-bond donors (Lipinski definition) is 2. The van der Waals surface area contributed by atoms with E-state index in [1.165, 1.54) is 6.33 Å². The van der Waals surface area contributed by atoms with E-state index in [0.717, 1.165) is 5.69 Å². The monoisotopic (exact) mass is 335 g/mol. The quantitative estimate of drug-likeness (QED) is 0.869. The summed E-state index contributed by atoms with van der Waals surface area (Å²) in [6.45, 7) is 1.74. The van der Waals surface area contributed by atoms with Gasteiger partial charge < -0.3 is 10.6 Å². The summed E-state index contributed by atoms with van der Waals surface area (Å²) >= 11 is 0. The molecule has 0 spiro atoms. The lowest BCUT2D eigenvalue weighted by Gasteiger charge is -2.24. The summed E-state index contributed by atoms with van der Waals surface area (Å²) in [5, 5.41) is 9.49. The molecule has 1 aromatic carbocycles. The van der Waals surface area contributed by atoms with Crippen molar-refractivity contribution in [2.45, 2.75) is 18.9 Å². The first-order valence-electron chi connectivity index (χ1n) is 7.10. The van der Waals surface area contributed by atoms with Crippen LogP contribution in [0.4, 0.5) is 10.5 Å². The predicted octanol–water partition coefficient (Wildman–Crippen LogP) is 0.966. The van der Waals surface area contributed by atoms with Crippen LogP contribution in [0, 0.1) is 0 Å². The Kier molecular flexibility index (Phi) is 3.80. The van der Waals surface area contributed by atoms with E-state index < -0.39 is 21.4 Å². The Morgan fingerprint density at radius 3 is 2.87 bits per heavy atom. The Bertz CT molecular complexity index is 819. The maximum absolute atomic E-state index is 12.1. The SMILES string of the molecule is C[C@]1(NC(=O)Nc2cccc(-n3cncn3)c2)CCS(=O)(=O)C1. The van der Waals surface area contributed by atoms with Crippen LogP contribution < -0.4 is 10.6 Å². The molecule has 8 nitrogen and oxygen atoms in total. The van der Waals surface area contributed by atoms with Crippen molar-refractivity contribution in [3.63, 3.8) is 0 Å². The molecule has 2 amide bonds. The molecule has 1 fully saturated rings. The maximum Gasteiger partial charge on any atom is 0.319 e. The third-order valence-corrected chi connectivity index (χ3v) is 5.61. The predicted molar refractivity (Wildman–Crippen MR) is 85.2 cm³/mol. The molecule has 0 aliphatic carbocycles. The van der Waals surface area contributed by atoms with Crippen LogP contribution in [0.3, 0.4) is 0 Å². The van der Waals surface area contributed by atoms with E-state index >= 15 is 0 Å². The molecular formula is C14H17N5O3S. The number of aromatic nitrogens is 3. The summed E-state index contributed by atoms with van der Waals surface area (Å²) in [5.41, 5.74) is 0.613. The molecule has 0 unspecified atom stereocenters. The highest BCUT2D eigenvalue weighted by Crippen LogP contribution is 2.23. The van der Waals surface area contributed by atoms with Gasteiger partial charge in [-0.1, -0.05) is 6.07 Å². The zero-order chi connectivity index (χ0) is 16.5. The van der Waals surface area contributed by atoms with Gasteiger partial charge in [0.25, 0.3) is 0 Å². The van der Waals surface area contributed by atoms with Gasteiger partial charge in [-0.15, -0.1) is 0 Å². The highest BCUT2D eigenvalue weighted by Gasteiger charge is 2.39. The van der Waals surface area contributed by atoms with Crippen LogP contribution >= 0.6 is 0 Å². The molecule has 122 valence electrons. The zero-order valence-electron chi connectivity index (χ0n) is 12.6. The highest BCUT2D eigenvalue weighted by atomic mass is 32.2. The molecule has 0 bridgehead atoms. The minimum absolute atomic E-state index is 0.0353. The Hall–Kier alpha value is -2.42. The second-order valence-corrected chi connectivity index (χ2v) is 8.06. The van der Waals surface area contributed by atoms with Gasteiger partial charge in [-0.05, 0) is 31.5 Å². The second-order valence-electron chi connectivity index (χ2n) is 5.87. The molecule has 2 aromatic rings. The summed E-state index contributed by atoms with van der Waals surface area (Å²) < 4.78 is 24.7. The van der Waals surface area contributed by atoms with Gasteiger partial charge in [-0.2, -0.15) is 5.10 Å². The van der Waals surface area contributed by atoms with Gasteiger partial charge >= 0.3 is 6.03 Å². The number of nitrogens with one attached hydrogen (secondary N) is 2. The maximum atomic E-state index is 12.1. The third-order valence-electron chi connectivity index (χ3n) is 3.71. The first-order chi connectivity index (χ1) is 10.9. The molecular weight excluding hydrogens is 318 g/mol. The first-order valence-corrected chi connectivity index (χ1v) is 8.92. The van der Waals surface area contributed by atoms with Gasteiger partial charge in [0.1, 0.15) is 12.7 Å². The number of anilines is 1. The fourth-order valence-corrected chi connectivity index (χ4v) is 4.71. The Balaban J connectivity index is 1.68. The largest absolute Gasteiger partial charge is 0.332 e. The fourth-order valence-electron chi connectivity index (χ4n) is 2.61. The molecule has 0 saturated carbocycles. The van der Waals surface area contributed by atoms with Crippen LogP contribution in [0.5, 0.6) is 0 Å². The molecule has 1 atom stereocenters. The summed E-state index contributed by atoms with van der Waals surface area (Å²) in [6, 6.07) is 6.69. The van der Waals surface area contributed by atoms with Crippen LogP contribution in [0.2, 0.25) is 0 Å². The van der Waals surface area contributed by atoms with Crippen LogP contribution in [0.15, 0.2) is 36.9 Å². The van der Waals surface area contributed by atoms with Gasteiger partial charge in [0, 0.05) is 5.69 Å². The molecule has 1 aliphatic rings. The number of urea groups is 1. The van der Waals surface area contributed by atoms with Crippen molar-refractivity contribution in [2.24, 2.45) is 0 Å². The summed E-state index contributed by atoms with van der Waals surface area (Å²) in [7, 11) is -3.07. The molecule has 2 N–H and O–H groups in total. The second kappa shape index (κ2) is 5.65. The lowest BCUT2D eigenvalue weighted by Crippen LogP contribution is -2.48.